The van der Waals surface area contributed by atoms with Crippen LogP contribution in [0, 0.1) is 0 Å². The molecule has 21 heavy (non-hydrogen) atoms. The lowest BCUT2D eigenvalue weighted by atomic mass is 9.94. The first-order chi connectivity index (χ1) is 10.1. The van der Waals surface area contributed by atoms with Crippen molar-refractivity contribution in [3.8, 4) is 0 Å². The highest BCUT2D eigenvalue weighted by molar-refractivity contribution is 5.98. The van der Waals surface area contributed by atoms with Gasteiger partial charge in [-0.25, -0.2) is 4.98 Å². The Morgan fingerprint density at radius 1 is 1.38 bits per heavy atom. The van der Waals surface area contributed by atoms with Crippen molar-refractivity contribution >= 4 is 11.7 Å². The van der Waals surface area contributed by atoms with Gasteiger partial charge in [0.1, 0.15) is 5.82 Å². The molecule has 0 bridgehead atoms. The van der Waals surface area contributed by atoms with E-state index >= 15 is 0 Å². The van der Waals surface area contributed by atoms with E-state index < -0.39 is 0 Å². The number of nitrogens with two attached hydrogens (primary N) is 1. The molecule has 1 aliphatic heterocycles. The summed E-state index contributed by atoms with van der Waals surface area (Å²) in [5, 5.41) is 3.46. The topological polar surface area (TPSA) is 71.2 Å². The Hall–Kier alpha value is -1.62. The van der Waals surface area contributed by atoms with Crippen molar-refractivity contribution in [3.63, 3.8) is 0 Å². The third-order valence-electron chi connectivity index (χ3n) is 4.58. The zero-order valence-corrected chi connectivity index (χ0v) is 12.9. The van der Waals surface area contributed by atoms with Crippen LogP contribution in [-0.2, 0) is 12.8 Å². The Morgan fingerprint density at radius 2 is 2.14 bits per heavy atom. The molecule has 1 saturated heterocycles. The molecule has 1 aliphatic carbocycles. The summed E-state index contributed by atoms with van der Waals surface area (Å²) in [4.78, 5) is 19.0. The summed E-state index contributed by atoms with van der Waals surface area (Å²) < 4.78 is 0. The minimum atomic E-state index is -0.371. The quantitative estimate of drug-likeness (QED) is 0.859. The van der Waals surface area contributed by atoms with Gasteiger partial charge in [0, 0.05) is 30.9 Å². The highest BCUT2D eigenvalue weighted by Gasteiger charge is 2.28. The van der Waals surface area contributed by atoms with Gasteiger partial charge < -0.3 is 16.0 Å². The van der Waals surface area contributed by atoms with Crippen molar-refractivity contribution in [2.75, 3.05) is 18.0 Å². The number of anilines is 1. The molecule has 0 radical (unpaired) electrons. The normalized spacial score (nSPS) is 25.5. The molecule has 1 aromatic rings. The number of fused-ring (bicyclic) bond motifs is 1. The van der Waals surface area contributed by atoms with Gasteiger partial charge in [0.15, 0.2) is 0 Å². The Morgan fingerprint density at radius 3 is 2.90 bits per heavy atom. The minimum absolute atomic E-state index is 0.313. The maximum Gasteiger partial charge on any atom is 0.252 e. The molecule has 5 heteroatoms. The van der Waals surface area contributed by atoms with E-state index in [2.05, 4.69) is 24.1 Å². The number of hydrogen-bond acceptors (Lipinski definition) is 4. The Balaban J connectivity index is 2.04. The van der Waals surface area contributed by atoms with E-state index in [1.807, 2.05) is 6.07 Å². The van der Waals surface area contributed by atoms with Gasteiger partial charge in [0.05, 0.1) is 5.56 Å². The van der Waals surface area contributed by atoms with Gasteiger partial charge in [0.25, 0.3) is 5.91 Å². The third-order valence-corrected chi connectivity index (χ3v) is 4.58. The van der Waals surface area contributed by atoms with Gasteiger partial charge in [-0.2, -0.15) is 0 Å². The van der Waals surface area contributed by atoms with E-state index in [9.17, 15) is 4.79 Å². The Labute approximate surface area is 125 Å². The lowest BCUT2D eigenvalue weighted by Gasteiger charge is -2.39. The van der Waals surface area contributed by atoms with Crippen molar-refractivity contribution in [1.82, 2.24) is 10.3 Å². The molecule has 5 nitrogen and oxygen atoms in total. The van der Waals surface area contributed by atoms with Crippen molar-refractivity contribution < 1.29 is 4.79 Å². The molecular weight excluding hydrogens is 264 g/mol. The smallest absolute Gasteiger partial charge is 0.252 e. The standard InChI is InChI=1S/C16H24N4O/c1-10-9-20(11(2)8-18-10)16-13(15(17)21)7-12-5-3-4-6-14(12)19-16/h7,10-11,18H,3-6,8-9H2,1-2H3,(H2,17,21). The summed E-state index contributed by atoms with van der Waals surface area (Å²) in [6, 6.07) is 2.69. The van der Waals surface area contributed by atoms with Gasteiger partial charge in [-0.05, 0) is 51.2 Å². The molecule has 1 aromatic heterocycles. The number of aryl methyl sites for hydroxylation is 2. The van der Waals surface area contributed by atoms with Crippen LogP contribution in [0.25, 0.3) is 0 Å². The van der Waals surface area contributed by atoms with Gasteiger partial charge in [-0.15, -0.1) is 0 Å². The van der Waals surface area contributed by atoms with Crippen molar-refractivity contribution in [2.24, 2.45) is 5.73 Å². The predicted octanol–water partition coefficient (Wildman–Crippen LogP) is 1.25. The number of nitrogens with one attached hydrogen (secondary N) is 1. The second-order valence-electron chi connectivity index (χ2n) is 6.35. The number of carbonyl (C=O) groups is 1. The van der Waals surface area contributed by atoms with Crippen molar-refractivity contribution in [3.05, 3.63) is 22.9 Å². The number of amides is 1. The molecule has 0 saturated carbocycles. The molecular formula is C16H24N4O. The number of pyridine rings is 1. The maximum atomic E-state index is 11.9. The first-order valence-corrected chi connectivity index (χ1v) is 7.89. The van der Waals surface area contributed by atoms with E-state index in [1.165, 1.54) is 18.4 Å². The minimum Gasteiger partial charge on any atom is -0.365 e. The summed E-state index contributed by atoms with van der Waals surface area (Å²) in [6.07, 6.45) is 4.38. The molecule has 2 atom stereocenters. The van der Waals surface area contributed by atoms with Gasteiger partial charge in [0.2, 0.25) is 0 Å². The number of carbonyl (C=O) groups excluding carboxylic acids is 1. The number of rotatable bonds is 2. The highest BCUT2D eigenvalue weighted by atomic mass is 16.1. The van der Waals surface area contributed by atoms with E-state index in [-0.39, 0.29) is 5.91 Å². The first kappa shape index (κ1) is 14.3. The Kier molecular flexibility index (Phi) is 3.85. The summed E-state index contributed by atoms with van der Waals surface area (Å²) in [7, 11) is 0. The lowest BCUT2D eigenvalue weighted by Crippen LogP contribution is -2.55. The largest absolute Gasteiger partial charge is 0.365 e. The van der Waals surface area contributed by atoms with Crippen LogP contribution in [0.15, 0.2) is 6.07 Å². The second kappa shape index (κ2) is 5.64. The summed E-state index contributed by atoms with van der Waals surface area (Å²) in [6.45, 7) is 6.07. The second-order valence-corrected chi connectivity index (χ2v) is 6.35. The average Bonchev–Trinajstić information content (AvgIpc) is 2.48. The van der Waals surface area contributed by atoms with Crippen LogP contribution in [0.4, 0.5) is 5.82 Å². The fourth-order valence-electron chi connectivity index (χ4n) is 3.34. The fraction of sp³-hybridized carbons (Fsp3) is 0.625. The molecule has 0 spiro atoms. The van der Waals surface area contributed by atoms with E-state index in [1.54, 1.807) is 0 Å². The van der Waals surface area contributed by atoms with Crippen LogP contribution in [0.5, 0.6) is 0 Å². The van der Waals surface area contributed by atoms with Gasteiger partial charge in [-0.3, -0.25) is 4.79 Å². The summed E-state index contributed by atoms with van der Waals surface area (Å²) >= 11 is 0. The fourth-order valence-corrected chi connectivity index (χ4v) is 3.34. The number of hydrogen-bond donors (Lipinski definition) is 2. The monoisotopic (exact) mass is 288 g/mol. The molecule has 2 unspecified atom stereocenters. The highest BCUT2D eigenvalue weighted by Crippen LogP contribution is 2.28. The lowest BCUT2D eigenvalue weighted by molar-refractivity contribution is 0.1000. The zero-order chi connectivity index (χ0) is 15.0. The van der Waals surface area contributed by atoms with Crippen molar-refractivity contribution in [2.45, 2.75) is 51.6 Å². The molecule has 3 N–H and O–H groups in total. The summed E-state index contributed by atoms with van der Waals surface area (Å²) in [5.74, 6) is 0.410. The van der Waals surface area contributed by atoms with Crippen LogP contribution in [-0.4, -0.2) is 36.1 Å². The van der Waals surface area contributed by atoms with Crippen LogP contribution in [0.1, 0.15) is 48.3 Å². The Bertz CT molecular complexity index is 557. The van der Waals surface area contributed by atoms with Gasteiger partial charge in [-0.1, -0.05) is 0 Å². The van der Waals surface area contributed by atoms with Crippen LogP contribution >= 0.6 is 0 Å². The van der Waals surface area contributed by atoms with Crippen LogP contribution < -0.4 is 16.0 Å². The number of piperazine rings is 1. The van der Waals surface area contributed by atoms with E-state index in [0.717, 1.165) is 37.4 Å². The van der Waals surface area contributed by atoms with Gasteiger partial charge >= 0.3 is 0 Å². The zero-order valence-electron chi connectivity index (χ0n) is 12.9. The molecule has 2 heterocycles. The van der Waals surface area contributed by atoms with Crippen LogP contribution in [0.3, 0.4) is 0 Å². The molecule has 1 amide bonds. The average molecular weight is 288 g/mol. The molecule has 2 aliphatic rings. The molecule has 114 valence electrons. The van der Waals surface area contributed by atoms with E-state index in [0.29, 0.717) is 17.6 Å². The number of aromatic nitrogens is 1. The molecule has 1 fully saturated rings. The third kappa shape index (κ3) is 2.75. The van der Waals surface area contributed by atoms with Crippen LogP contribution in [0.2, 0.25) is 0 Å². The number of primary amides is 1. The van der Waals surface area contributed by atoms with Crippen molar-refractivity contribution in [1.29, 1.82) is 0 Å². The SMILES string of the molecule is CC1CN(c2nc3c(cc2C(N)=O)CCCC3)C(C)CN1. The predicted molar refractivity (Wildman–Crippen MR) is 83.7 cm³/mol. The van der Waals surface area contributed by atoms with E-state index in [4.69, 9.17) is 10.7 Å². The molecule has 0 aromatic carbocycles. The summed E-state index contributed by atoms with van der Waals surface area (Å²) in [5.41, 5.74) is 8.55. The number of nitrogens with zero attached hydrogens (tertiary/aromatic N) is 2. The first-order valence-electron chi connectivity index (χ1n) is 7.89. The maximum absolute atomic E-state index is 11.9. The molecule has 3 rings (SSSR count).